The van der Waals surface area contributed by atoms with Gasteiger partial charge in [0, 0.05) is 24.6 Å². The minimum absolute atomic E-state index is 0.191. The molecule has 0 bridgehead atoms. The fraction of sp³-hybridized carbons (Fsp3) is 0.250. The van der Waals surface area contributed by atoms with Gasteiger partial charge in [-0.1, -0.05) is 36.4 Å². The summed E-state index contributed by atoms with van der Waals surface area (Å²) in [5, 5.41) is 6.24. The van der Waals surface area contributed by atoms with Gasteiger partial charge in [0.25, 0.3) is 11.5 Å². The van der Waals surface area contributed by atoms with Crippen LogP contribution in [0.25, 0.3) is 10.9 Å². The first kappa shape index (κ1) is 21.7. The average Bonchev–Trinajstić information content (AvgIpc) is 3.60. The van der Waals surface area contributed by atoms with Crippen LogP contribution in [0.3, 0.4) is 0 Å². The Bertz CT molecular complexity index is 1290. The minimum atomic E-state index is -0.708. The van der Waals surface area contributed by atoms with E-state index in [9.17, 15) is 14.4 Å². The second-order valence-corrected chi connectivity index (χ2v) is 8.28. The van der Waals surface area contributed by atoms with Crippen molar-refractivity contribution in [1.82, 2.24) is 20.2 Å². The number of nitrogens with zero attached hydrogens (tertiary/aromatic N) is 1. The largest absolute Gasteiger partial charge is 0.352 e. The summed E-state index contributed by atoms with van der Waals surface area (Å²) >= 11 is 5.27. The van der Waals surface area contributed by atoms with Gasteiger partial charge in [0.05, 0.1) is 10.9 Å². The standard InChI is InChI=1S/C24H24N4O3S/c1-2-12-28-23(31)18-11-8-16(14-19(18)27-24(28)32)21(29)26-20(22(30)25-17-9-10-17)13-15-6-4-3-5-7-15/h2-8,11,14,17,20H,1,9-10,12-13H2,(H,25,30)(H,26,29)(H,27,32). The van der Waals surface area contributed by atoms with Crippen molar-refractivity contribution < 1.29 is 9.59 Å². The molecule has 1 aromatic heterocycles. The Morgan fingerprint density at radius 3 is 2.66 bits per heavy atom. The van der Waals surface area contributed by atoms with Crippen molar-refractivity contribution in [2.24, 2.45) is 0 Å². The maximum atomic E-state index is 13.0. The van der Waals surface area contributed by atoms with Crippen LogP contribution in [0.5, 0.6) is 0 Å². The van der Waals surface area contributed by atoms with E-state index in [2.05, 4.69) is 22.2 Å². The maximum Gasteiger partial charge on any atom is 0.262 e. The summed E-state index contributed by atoms with van der Waals surface area (Å²) in [6.07, 6.45) is 3.90. The van der Waals surface area contributed by atoms with Crippen LogP contribution in [0.1, 0.15) is 28.8 Å². The van der Waals surface area contributed by atoms with Crippen molar-refractivity contribution >= 4 is 34.9 Å². The molecule has 1 aliphatic carbocycles. The van der Waals surface area contributed by atoms with Crippen LogP contribution in [0.2, 0.25) is 0 Å². The number of rotatable bonds is 8. The van der Waals surface area contributed by atoms with E-state index in [1.807, 2.05) is 30.3 Å². The van der Waals surface area contributed by atoms with E-state index < -0.39 is 11.9 Å². The van der Waals surface area contributed by atoms with Crippen molar-refractivity contribution in [2.75, 3.05) is 0 Å². The van der Waals surface area contributed by atoms with Crippen molar-refractivity contribution in [3.63, 3.8) is 0 Å². The van der Waals surface area contributed by atoms with Gasteiger partial charge in [0.2, 0.25) is 5.91 Å². The van der Waals surface area contributed by atoms with Crippen LogP contribution in [-0.2, 0) is 17.8 Å². The van der Waals surface area contributed by atoms with Gasteiger partial charge in [-0.05, 0) is 48.8 Å². The number of H-pyrrole nitrogens is 1. The zero-order valence-electron chi connectivity index (χ0n) is 17.5. The molecule has 1 fully saturated rings. The molecule has 0 radical (unpaired) electrons. The SMILES string of the molecule is C=CCn1c(=S)[nH]c2cc(C(=O)NC(Cc3ccccc3)C(=O)NC3CC3)ccc2c1=O. The van der Waals surface area contributed by atoms with Gasteiger partial charge in [0.1, 0.15) is 6.04 Å². The fourth-order valence-corrected chi connectivity index (χ4v) is 3.79. The smallest absolute Gasteiger partial charge is 0.262 e. The first-order chi connectivity index (χ1) is 15.5. The zero-order valence-corrected chi connectivity index (χ0v) is 18.3. The molecular weight excluding hydrogens is 424 g/mol. The molecule has 1 saturated carbocycles. The number of aromatic amines is 1. The zero-order chi connectivity index (χ0) is 22.7. The number of hydrogen-bond acceptors (Lipinski definition) is 4. The summed E-state index contributed by atoms with van der Waals surface area (Å²) in [5.74, 6) is -0.592. The normalized spacial score (nSPS) is 14.0. The predicted molar refractivity (Wildman–Crippen MR) is 126 cm³/mol. The number of fused-ring (bicyclic) bond motifs is 1. The highest BCUT2D eigenvalue weighted by Crippen LogP contribution is 2.19. The Morgan fingerprint density at radius 2 is 1.97 bits per heavy atom. The van der Waals surface area contributed by atoms with E-state index >= 15 is 0 Å². The van der Waals surface area contributed by atoms with Gasteiger partial charge >= 0.3 is 0 Å². The molecule has 1 heterocycles. The Labute approximate surface area is 190 Å². The van der Waals surface area contributed by atoms with Gasteiger partial charge < -0.3 is 15.6 Å². The number of hydrogen-bond donors (Lipinski definition) is 3. The third kappa shape index (κ3) is 4.86. The number of carbonyl (C=O) groups excluding carboxylic acids is 2. The number of allylic oxidation sites excluding steroid dienone is 1. The molecule has 2 aromatic carbocycles. The van der Waals surface area contributed by atoms with E-state index in [1.54, 1.807) is 24.3 Å². The summed E-state index contributed by atoms with van der Waals surface area (Å²) in [6, 6.07) is 13.8. The monoisotopic (exact) mass is 448 g/mol. The topological polar surface area (TPSA) is 96.0 Å². The van der Waals surface area contributed by atoms with E-state index in [4.69, 9.17) is 12.2 Å². The Hall–Kier alpha value is -3.52. The first-order valence-corrected chi connectivity index (χ1v) is 10.9. The molecule has 32 heavy (non-hydrogen) atoms. The lowest BCUT2D eigenvalue weighted by molar-refractivity contribution is -0.123. The van der Waals surface area contributed by atoms with Crippen LogP contribution >= 0.6 is 12.2 Å². The number of amides is 2. The van der Waals surface area contributed by atoms with Gasteiger partial charge in [-0.3, -0.25) is 19.0 Å². The van der Waals surface area contributed by atoms with Crippen molar-refractivity contribution in [3.8, 4) is 0 Å². The molecule has 1 unspecified atom stereocenters. The van der Waals surface area contributed by atoms with Crippen molar-refractivity contribution in [1.29, 1.82) is 0 Å². The Kier molecular flexibility index (Phi) is 6.32. The van der Waals surface area contributed by atoms with Crippen LogP contribution in [0.15, 0.2) is 66.0 Å². The molecule has 0 spiro atoms. The van der Waals surface area contributed by atoms with Crippen LogP contribution < -0.4 is 16.2 Å². The van der Waals surface area contributed by atoms with Gasteiger partial charge in [-0.2, -0.15) is 0 Å². The second-order valence-electron chi connectivity index (χ2n) is 7.89. The van der Waals surface area contributed by atoms with Gasteiger partial charge in [-0.15, -0.1) is 6.58 Å². The molecule has 3 aromatic rings. The van der Waals surface area contributed by atoms with E-state index in [0.717, 1.165) is 18.4 Å². The quantitative estimate of drug-likeness (QED) is 0.365. The molecule has 1 aliphatic rings. The Morgan fingerprint density at radius 1 is 1.22 bits per heavy atom. The van der Waals surface area contributed by atoms with Crippen LogP contribution in [0.4, 0.5) is 0 Å². The third-order valence-corrected chi connectivity index (χ3v) is 5.71. The molecule has 0 aliphatic heterocycles. The highest BCUT2D eigenvalue weighted by Gasteiger charge is 2.28. The van der Waals surface area contributed by atoms with E-state index in [1.165, 1.54) is 4.57 Å². The number of nitrogens with one attached hydrogen (secondary N) is 3. The fourth-order valence-electron chi connectivity index (χ4n) is 3.52. The summed E-state index contributed by atoms with van der Waals surface area (Å²) in [7, 11) is 0. The molecule has 4 rings (SSSR count). The number of aromatic nitrogens is 2. The van der Waals surface area contributed by atoms with Gasteiger partial charge in [0.15, 0.2) is 4.77 Å². The van der Waals surface area contributed by atoms with Crippen LogP contribution in [0, 0.1) is 4.77 Å². The summed E-state index contributed by atoms with van der Waals surface area (Å²) in [4.78, 5) is 41.4. The molecule has 3 N–H and O–H groups in total. The first-order valence-electron chi connectivity index (χ1n) is 10.5. The predicted octanol–water partition coefficient (Wildman–Crippen LogP) is 2.86. The average molecular weight is 449 g/mol. The molecule has 164 valence electrons. The van der Waals surface area contributed by atoms with Gasteiger partial charge in [-0.25, -0.2) is 0 Å². The Balaban J connectivity index is 1.59. The lowest BCUT2D eigenvalue weighted by atomic mass is 10.0. The minimum Gasteiger partial charge on any atom is -0.352 e. The molecule has 8 heteroatoms. The summed E-state index contributed by atoms with van der Waals surface area (Å²) in [5.41, 5.74) is 1.51. The lowest BCUT2D eigenvalue weighted by Gasteiger charge is -2.19. The van der Waals surface area contributed by atoms with Crippen LogP contribution in [-0.4, -0.2) is 33.4 Å². The second kappa shape index (κ2) is 9.32. The van der Waals surface area contributed by atoms with Crippen molar-refractivity contribution in [3.05, 3.63) is 87.4 Å². The molecule has 0 saturated heterocycles. The highest BCUT2D eigenvalue weighted by atomic mass is 32.1. The highest BCUT2D eigenvalue weighted by molar-refractivity contribution is 7.71. The molecular formula is C24H24N4O3S. The van der Waals surface area contributed by atoms with E-state index in [0.29, 0.717) is 29.4 Å². The summed E-state index contributed by atoms with van der Waals surface area (Å²) < 4.78 is 1.66. The molecule has 7 nitrogen and oxygen atoms in total. The molecule has 2 amide bonds. The molecule has 1 atom stereocenters. The third-order valence-electron chi connectivity index (χ3n) is 5.38. The number of benzene rings is 2. The van der Waals surface area contributed by atoms with Crippen molar-refractivity contribution in [2.45, 2.75) is 37.9 Å². The van der Waals surface area contributed by atoms with E-state index in [-0.39, 0.29) is 22.3 Å². The number of carbonyl (C=O) groups is 2. The maximum absolute atomic E-state index is 13.0. The summed E-state index contributed by atoms with van der Waals surface area (Å²) in [6.45, 7) is 3.94. The lowest BCUT2D eigenvalue weighted by Crippen LogP contribution is -2.48.